The summed E-state index contributed by atoms with van der Waals surface area (Å²) in [5.41, 5.74) is 0.0454. The van der Waals surface area contributed by atoms with Crippen molar-refractivity contribution in [3.63, 3.8) is 0 Å². The SMILES string of the molecule is [CH]C1(N2CCOCC2)CCC1. The lowest BCUT2D eigenvalue weighted by atomic mass is 9.77. The molecule has 0 atom stereocenters. The molecule has 2 nitrogen and oxygen atoms in total. The largest absolute Gasteiger partial charge is 0.379 e. The van der Waals surface area contributed by atoms with Crippen molar-refractivity contribution < 1.29 is 4.74 Å². The van der Waals surface area contributed by atoms with E-state index in [1.807, 2.05) is 0 Å². The third-order valence-electron chi connectivity index (χ3n) is 2.86. The third-order valence-corrected chi connectivity index (χ3v) is 2.86. The van der Waals surface area contributed by atoms with Crippen LogP contribution in [0, 0.1) is 6.92 Å². The maximum Gasteiger partial charge on any atom is 0.0594 e. The lowest BCUT2D eigenvalue weighted by molar-refractivity contribution is -0.0342. The van der Waals surface area contributed by atoms with E-state index in [2.05, 4.69) is 4.90 Å². The van der Waals surface area contributed by atoms with Crippen LogP contribution in [0.1, 0.15) is 19.3 Å². The first-order valence-electron chi connectivity index (χ1n) is 4.43. The molecule has 0 amide bonds. The maximum absolute atomic E-state index is 6.15. The fourth-order valence-corrected chi connectivity index (χ4v) is 1.86. The van der Waals surface area contributed by atoms with Gasteiger partial charge in [-0.15, -0.1) is 0 Å². The Morgan fingerprint density at radius 3 is 2.27 bits per heavy atom. The van der Waals surface area contributed by atoms with E-state index in [9.17, 15) is 0 Å². The minimum atomic E-state index is 0.0454. The Morgan fingerprint density at radius 1 is 1.18 bits per heavy atom. The first-order valence-corrected chi connectivity index (χ1v) is 4.43. The van der Waals surface area contributed by atoms with Crippen molar-refractivity contribution in [3.05, 3.63) is 6.92 Å². The number of morpholine rings is 1. The van der Waals surface area contributed by atoms with Crippen LogP contribution in [0.15, 0.2) is 0 Å². The topological polar surface area (TPSA) is 12.5 Å². The lowest BCUT2D eigenvalue weighted by Gasteiger charge is -2.49. The Kier molecular flexibility index (Phi) is 1.90. The summed E-state index contributed by atoms with van der Waals surface area (Å²) in [5, 5.41) is 0. The van der Waals surface area contributed by atoms with Crippen LogP contribution in [0.3, 0.4) is 0 Å². The van der Waals surface area contributed by atoms with E-state index >= 15 is 0 Å². The maximum atomic E-state index is 6.15. The number of ether oxygens (including phenoxy) is 1. The molecule has 1 aliphatic heterocycles. The van der Waals surface area contributed by atoms with Gasteiger partial charge in [-0.05, 0) is 26.2 Å². The molecule has 2 rings (SSSR count). The molecule has 2 heteroatoms. The molecule has 1 saturated carbocycles. The lowest BCUT2D eigenvalue weighted by Crippen LogP contribution is -2.55. The molecule has 2 radical (unpaired) electrons. The van der Waals surface area contributed by atoms with Crippen molar-refractivity contribution in [2.45, 2.75) is 24.8 Å². The third kappa shape index (κ3) is 1.30. The van der Waals surface area contributed by atoms with Gasteiger partial charge in [0, 0.05) is 18.6 Å². The molecule has 0 aromatic heterocycles. The van der Waals surface area contributed by atoms with Gasteiger partial charge in [0.25, 0.3) is 0 Å². The average molecular weight is 153 g/mol. The highest BCUT2D eigenvalue weighted by Crippen LogP contribution is 2.36. The van der Waals surface area contributed by atoms with Crippen molar-refractivity contribution in [2.24, 2.45) is 0 Å². The predicted molar refractivity (Wildman–Crippen MR) is 43.3 cm³/mol. The van der Waals surface area contributed by atoms with E-state index in [1.54, 1.807) is 0 Å². The zero-order valence-corrected chi connectivity index (χ0v) is 6.88. The molecule has 1 saturated heterocycles. The second-order valence-electron chi connectivity index (χ2n) is 3.56. The molecule has 0 spiro atoms. The second kappa shape index (κ2) is 2.76. The van der Waals surface area contributed by atoms with Crippen molar-refractivity contribution in [1.29, 1.82) is 0 Å². The summed E-state index contributed by atoms with van der Waals surface area (Å²) in [7, 11) is 0. The van der Waals surface area contributed by atoms with Crippen LogP contribution in [0.25, 0.3) is 0 Å². The molecule has 0 bridgehead atoms. The van der Waals surface area contributed by atoms with Gasteiger partial charge in [0.05, 0.1) is 13.2 Å². The summed E-state index contributed by atoms with van der Waals surface area (Å²) in [6.07, 6.45) is 3.65. The number of hydrogen-bond acceptors (Lipinski definition) is 2. The summed E-state index contributed by atoms with van der Waals surface area (Å²) in [6.45, 7) is 9.92. The highest BCUT2D eigenvalue weighted by molar-refractivity contribution is 5.00. The zero-order chi connectivity index (χ0) is 7.73. The van der Waals surface area contributed by atoms with E-state index in [1.165, 1.54) is 19.3 Å². The Balaban J connectivity index is 1.91. The molecule has 1 aliphatic carbocycles. The van der Waals surface area contributed by atoms with Crippen LogP contribution < -0.4 is 0 Å². The van der Waals surface area contributed by atoms with Crippen molar-refractivity contribution in [2.75, 3.05) is 26.3 Å². The van der Waals surface area contributed by atoms with E-state index in [-0.39, 0.29) is 5.54 Å². The average Bonchev–Trinajstić information content (AvgIpc) is 2.02. The van der Waals surface area contributed by atoms with Gasteiger partial charge in [-0.3, -0.25) is 4.90 Å². The van der Waals surface area contributed by atoms with E-state index in [4.69, 9.17) is 11.7 Å². The Hall–Kier alpha value is -0.0800. The second-order valence-corrected chi connectivity index (χ2v) is 3.56. The standard InChI is InChI=1S/C9H15NO/c1-9(3-2-4-9)10-5-7-11-8-6-10/h1H,2-8H2. The minimum absolute atomic E-state index is 0.0454. The van der Waals surface area contributed by atoms with Crippen LogP contribution in [-0.2, 0) is 4.74 Å². The summed E-state index contributed by atoms with van der Waals surface area (Å²) in [6, 6.07) is 0. The van der Waals surface area contributed by atoms with Crippen LogP contribution in [-0.4, -0.2) is 36.7 Å². The molecule has 1 heterocycles. The molecule has 11 heavy (non-hydrogen) atoms. The summed E-state index contributed by atoms with van der Waals surface area (Å²) in [4.78, 5) is 2.38. The molecule has 0 unspecified atom stereocenters. The molecule has 0 N–H and O–H groups in total. The van der Waals surface area contributed by atoms with Gasteiger partial charge >= 0.3 is 0 Å². The minimum Gasteiger partial charge on any atom is -0.379 e. The van der Waals surface area contributed by atoms with Crippen LogP contribution in [0.5, 0.6) is 0 Å². The molecular weight excluding hydrogens is 138 g/mol. The van der Waals surface area contributed by atoms with Gasteiger partial charge in [-0.25, -0.2) is 0 Å². The smallest absolute Gasteiger partial charge is 0.0594 e. The van der Waals surface area contributed by atoms with Gasteiger partial charge in [0.15, 0.2) is 0 Å². The quantitative estimate of drug-likeness (QED) is 0.556. The molecule has 2 aliphatic rings. The van der Waals surface area contributed by atoms with Crippen LogP contribution in [0.2, 0.25) is 0 Å². The normalized spacial score (nSPS) is 31.4. The molecule has 2 fully saturated rings. The highest BCUT2D eigenvalue weighted by Gasteiger charge is 2.38. The monoisotopic (exact) mass is 153 g/mol. The molecular formula is C9H15NO. The van der Waals surface area contributed by atoms with Gasteiger partial charge in [0.2, 0.25) is 0 Å². The van der Waals surface area contributed by atoms with E-state index in [0.29, 0.717) is 0 Å². The van der Waals surface area contributed by atoms with Gasteiger partial charge in [0.1, 0.15) is 0 Å². The predicted octanol–water partition coefficient (Wildman–Crippen LogP) is 0.952. The number of rotatable bonds is 1. The van der Waals surface area contributed by atoms with E-state index < -0.39 is 0 Å². The van der Waals surface area contributed by atoms with Gasteiger partial charge in [-0.2, -0.15) is 0 Å². The fraction of sp³-hybridized carbons (Fsp3) is 0.889. The van der Waals surface area contributed by atoms with Crippen molar-refractivity contribution in [3.8, 4) is 0 Å². The van der Waals surface area contributed by atoms with Gasteiger partial charge in [-0.1, -0.05) is 0 Å². The Bertz CT molecular complexity index is 136. The van der Waals surface area contributed by atoms with Crippen LogP contribution in [0.4, 0.5) is 0 Å². The fourth-order valence-electron chi connectivity index (χ4n) is 1.86. The first kappa shape index (κ1) is 7.56. The number of hydrogen-bond donors (Lipinski definition) is 0. The summed E-state index contributed by atoms with van der Waals surface area (Å²) >= 11 is 0. The number of nitrogens with zero attached hydrogens (tertiary/aromatic N) is 1. The van der Waals surface area contributed by atoms with E-state index in [0.717, 1.165) is 26.3 Å². The summed E-state index contributed by atoms with van der Waals surface area (Å²) in [5.74, 6) is 0. The van der Waals surface area contributed by atoms with Crippen molar-refractivity contribution >= 4 is 0 Å². The molecule has 0 aromatic rings. The van der Waals surface area contributed by atoms with Crippen LogP contribution >= 0.6 is 0 Å². The first-order chi connectivity index (χ1) is 5.31. The Morgan fingerprint density at radius 2 is 1.82 bits per heavy atom. The van der Waals surface area contributed by atoms with Gasteiger partial charge < -0.3 is 4.74 Å². The molecule has 0 aromatic carbocycles. The summed E-state index contributed by atoms with van der Waals surface area (Å²) < 4.78 is 5.27. The highest BCUT2D eigenvalue weighted by atomic mass is 16.5. The Labute approximate surface area is 68.5 Å². The zero-order valence-electron chi connectivity index (χ0n) is 6.88. The molecule has 62 valence electrons. The van der Waals surface area contributed by atoms with Crippen molar-refractivity contribution in [1.82, 2.24) is 4.90 Å².